The number of quaternary nitrogens is 1. The fourth-order valence-electron chi connectivity index (χ4n) is 3.42. The third-order valence-corrected chi connectivity index (χ3v) is 5.12. The number of nitrogens with one attached hydrogen (secondary N) is 1. The molecule has 4 heteroatoms. The number of hydrogen-bond donors (Lipinski definition) is 2. The lowest BCUT2D eigenvalue weighted by Crippen LogP contribution is -3.12. The van der Waals surface area contributed by atoms with Crippen LogP contribution in [-0.4, -0.2) is 45.9 Å². The van der Waals surface area contributed by atoms with Crippen molar-refractivity contribution in [3.8, 4) is 5.75 Å². The molecule has 1 aliphatic heterocycles. The van der Waals surface area contributed by atoms with Crippen LogP contribution in [0.5, 0.6) is 5.75 Å². The Balaban J connectivity index is 1.58. The van der Waals surface area contributed by atoms with Gasteiger partial charge in [-0.1, -0.05) is 24.3 Å². The van der Waals surface area contributed by atoms with Crippen molar-refractivity contribution in [1.29, 1.82) is 0 Å². The highest BCUT2D eigenvalue weighted by Gasteiger charge is 2.20. The van der Waals surface area contributed by atoms with Crippen molar-refractivity contribution < 1.29 is 14.7 Å². The molecule has 0 spiro atoms. The molecule has 0 saturated carbocycles. The summed E-state index contributed by atoms with van der Waals surface area (Å²) < 4.78 is 5.18. The van der Waals surface area contributed by atoms with E-state index in [0.717, 1.165) is 37.4 Å². The van der Waals surface area contributed by atoms with Crippen LogP contribution in [-0.2, 0) is 0 Å². The minimum atomic E-state index is -0.440. The van der Waals surface area contributed by atoms with E-state index in [1.165, 1.54) is 21.7 Å². The van der Waals surface area contributed by atoms with Crippen molar-refractivity contribution >= 4 is 11.3 Å². The third-order valence-electron chi connectivity index (χ3n) is 5.12. The summed E-state index contributed by atoms with van der Waals surface area (Å²) in [4.78, 5) is 3.54. The first-order chi connectivity index (χ1) is 12.6. The molecule has 2 aromatic carbocycles. The molecule has 0 radical (unpaired) electrons. The van der Waals surface area contributed by atoms with E-state index in [-0.39, 0.29) is 0 Å². The van der Waals surface area contributed by atoms with Crippen LogP contribution >= 0.6 is 0 Å². The van der Waals surface area contributed by atoms with Crippen LogP contribution in [0.3, 0.4) is 0 Å². The van der Waals surface area contributed by atoms with Gasteiger partial charge in [0.05, 0.1) is 20.2 Å². The summed E-state index contributed by atoms with van der Waals surface area (Å²) in [5.41, 5.74) is 4.90. The topological polar surface area (TPSA) is 37.1 Å². The lowest BCUT2D eigenvalue weighted by Gasteiger charge is -2.26. The number of hydrogen-bond acceptors (Lipinski definition) is 3. The minimum absolute atomic E-state index is 0.440. The van der Waals surface area contributed by atoms with Crippen molar-refractivity contribution in [2.45, 2.75) is 12.5 Å². The summed E-state index contributed by atoms with van der Waals surface area (Å²) >= 11 is 0. The molecule has 2 N–H and O–H groups in total. The molecule has 2 atom stereocenters. The summed E-state index contributed by atoms with van der Waals surface area (Å²) in [5.74, 6) is 0.819. The van der Waals surface area contributed by atoms with Gasteiger partial charge in [0, 0.05) is 26.2 Å². The van der Waals surface area contributed by atoms with Crippen LogP contribution in [0.1, 0.15) is 23.7 Å². The van der Waals surface area contributed by atoms with Crippen molar-refractivity contribution in [2.75, 3.05) is 45.7 Å². The summed E-state index contributed by atoms with van der Waals surface area (Å²) in [6, 6.07) is 16.4. The quantitative estimate of drug-likeness (QED) is 0.836. The minimum Gasteiger partial charge on any atom is -0.497 e. The van der Waals surface area contributed by atoms with Gasteiger partial charge in [-0.25, -0.2) is 0 Å². The smallest absolute Gasteiger partial charge is 0.128 e. The predicted molar refractivity (Wildman–Crippen MR) is 107 cm³/mol. The third kappa shape index (κ3) is 4.45. The summed E-state index contributed by atoms with van der Waals surface area (Å²) in [5, 5.41) is 10.5. The first-order valence-corrected chi connectivity index (χ1v) is 9.19. The van der Waals surface area contributed by atoms with Crippen molar-refractivity contribution in [3.63, 3.8) is 0 Å². The van der Waals surface area contributed by atoms with Crippen molar-refractivity contribution in [2.24, 2.45) is 0 Å². The first-order valence-electron chi connectivity index (χ1n) is 9.19. The Morgan fingerprint density at radius 2 is 1.77 bits per heavy atom. The maximum absolute atomic E-state index is 10.5. The second-order valence-electron chi connectivity index (χ2n) is 7.12. The maximum Gasteiger partial charge on any atom is 0.128 e. The summed E-state index contributed by atoms with van der Waals surface area (Å²) in [6.45, 7) is 2.74. The van der Waals surface area contributed by atoms with Gasteiger partial charge in [-0.15, -0.1) is 0 Å². The van der Waals surface area contributed by atoms with Gasteiger partial charge in [-0.05, 0) is 47.0 Å². The molecule has 4 nitrogen and oxygen atoms in total. The van der Waals surface area contributed by atoms with Gasteiger partial charge in [-0.2, -0.15) is 0 Å². The summed E-state index contributed by atoms with van der Waals surface area (Å²) in [7, 11) is 5.77. The van der Waals surface area contributed by atoms with Crippen molar-refractivity contribution in [3.05, 3.63) is 65.7 Å². The second-order valence-corrected chi connectivity index (χ2v) is 7.12. The second kappa shape index (κ2) is 8.39. The summed E-state index contributed by atoms with van der Waals surface area (Å²) in [6.07, 6.45) is 2.93. The van der Waals surface area contributed by atoms with E-state index >= 15 is 0 Å². The molecule has 3 rings (SSSR count). The Hall–Kier alpha value is -2.30. The number of ether oxygens (including phenoxy) is 1. The van der Waals surface area contributed by atoms with E-state index in [1.807, 2.05) is 24.3 Å². The molecule has 0 aliphatic carbocycles. The first kappa shape index (κ1) is 18.5. The average molecular weight is 353 g/mol. The van der Waals surface area contributed by atoms with Crippen LogP contribution in [0, 0.1) is 0 Å². The number of anilines is 1. The Labute approximate surface area is 156 Å². The Morgan fingerprint density at radius 3 is 2.31 bits per heavy atom. The molecule has 1 unspecified atom stereocenters. The van der Waals surface area contributed by atoms with Gasteiger partial charge < -0.3 is 19.6 Å². The molecule has 0 amide bonds. The highest BCUT2D eigenvalue weighted by molar-refractivity contribution is 5.67. The zero-order valence-corrected chi connectivity index (χ0v) is 15.9. The van der Waals surface area contributed by atoms with Gasteiger partial charge in [0.1, 0.15) is 18.4 Å². The van der Waals surface area contributed by atoms with Crippen LogP contribution < -0.4 is 14.5 Å². The largest absolute Gasteiger partial charge is 0.497 e. The number of nitrogens with zero attached hydrogens (tertiary/aromatic N) is 1. The molecule has 1 heterocycles. The molecule has 0 bridgehead atoms. The van der Waals surface area contributed by atoms with Crippen molar-refractivity contribution in [1.82, 2.24) is 0 Å². The van der Waals surface area contributed by atoms with E-state index in [0.29, 0.717) is 0 Å². The van der Waals surface area contributed by atoms with E-state index in [1.54, 1.807) is 7.11 Å². The monoisotopic (exact) mass is 353 g/mol. The Bertz CT molecular complexity index is 736. The number of methoxy groups -OCH3 is 1. The highest BCUT2D eigenvalue weighted by Crippen LogP contribution is 2.22. The normalized spacial score (nSPS) is 18.2. The van der Waals surface area contributed by atoms with Crippen LogP contribution in [0.2, 0.25) is 0 Å². The lowest BCUT2D eigenvalue weighted by atomic mass is 9.98. The molecule has 0 saturated heterocycles. The standard InChI is InChI=1S/C22H28N2O2/c1-23(2)20-8-4-17(5-9-20)18-12-14-24(15-13-18)16-22(25)19-6-10-21(26-3)11-7-19/h4-12,22,25H,13-16H2,1-3H3/p+1/t22-/m1/s1. The number of aliphatic hydroxyl groups is 1. The van der Waals surface area contributed by atoms with E-state index in [4.69, 9.17) is 4.74 Å². The lowest BCUT2D eigenvalue weighted by molar-refractivity contribution is -0.898. The van der Waals surface area contributed by atoms with E-state index < -0.39 is 6.10 Å². The van der Waals surface area contributed by atoms with Gasteiger partial charge >= 0.3 is 0 Å². The van der Waals surface area contributed by atoms with Gasteiger partial charge in [0.25, 0.3) is 0 Å². The van der Waals surface area contributed by atoms with E-state index in [9.17, 15) is 5.11 Å². The van der Waals surface area contributed by atoms with E-state index in [2.05, 4.69) is 49.3 Å². The maximum atomic E-state index is 10.5. The van der Waals surface area contributed by atoms with Gasteiger partial charge in [0.15, 0.2) is 0 Å². The van der Waals surface area contributed by atoms with Crippen LogP contribution in [0.15, 0.2) is 54.6 Å². The zero-order valence-electron chi connectivity index (χ0n) is 15.9. The Kier molecular flexibility index (Phi) is 5.96. The zero-order chi connectivity index (χ0) is 18.5. The molecule has 0 fully saturated rings. The highest BCUT2D eigenvalue weighted by atomic mass is 16.5. The molecule has 1 aliphatic rings. The molecule has 0 aromatic heterocycles. The fraction of sp³-hybridized carbons (Fsp3) is 0.364. The molecule has 26 heavy (non-hydrogen) atoms. The Morgan fingerprint density at radius 1 is 1.08 bits per heavy atom. The number of benzene rings is 2. The van der Waals surface area contributed by atoms with Crippen LogP contribution in [0.4, 0.5) is 5.69 Å². The molecule has 138 valence electrons. The average Bonchev–Trinajstić information content (AvgIpc) is 2.68. The molecule has 2 aromatic rings. The molecular formula is C22H29N2O2+. The fourth-order valence-corrected chi connectivity index (χ4v) is 3.42. The van der Waals surface area contributed by atoms with Gasteiger partial charge in [-0.3, -0.25) is 0 Å². The van der Waals surface area contributed by atoms with Crippen LogP contribution in [0.25, 0.3) is 5.57 Å². The van der Waals surface area contributed by atoms with Gasteiger partial charge in [0.2, 0.25) is 0 Å². The SMILES string of the molecule is COc1ccc([C@H](O)C[NH+]2CC=C(c3ccc(N(C)C)cc3)CC2)cc1. The number of rotatable bonds is 6. The predicted octanol–water partition coefficient (Wildman–Crippen LogP) is 2.17. The number of aliphatic hydroxyl groups excluding tert-OH is 1. The molecular weight excluding hydrogens is 324 g/mol.